The van der Waals surface area contributed by atoms with Gasteiger partial charge in [-0.15, -0.1) is 0 Å². The molecule has 0 spiro atoms. The summed E-state index contributed by atoms with van der Waals surface area (Å²) in [6, 6.07) is 14.9. The van der Waals surface area contributed by atoms with Crippen LogP contribution in [-0.4, -0.2) is 60.4 Å². The smallest absolute Gasteiger partial charge is 0.247 e. The fraction of sp³-hybridized carbons (Fsp3) is 0.414. The molecule has 196 valence electrons. The number of carbonyl (C=O) groups excluding carboxylic acids is 3. The van der Waals surface area contributed by atoms with Crippen molar-refractivity contribution in [2.75, 3.05) is 13.6 Å². The molecule has 1 saturated heterocycles. The quantitative estimate of drug-likeness (QED) is 0.561. The molecule has 8 nitrogen and oxygen atoms in total. The average molecular weight is 505 g/mol. The van der Waals surface area contributed by atoms with Gasteiger partial charge in [0.05, 0.1) is 6.04 Å². The lowest BCUT2D eigenvalue weighted by Crippen LogP contribution is -2.59. The number of carbonyl (C=O) groups is 3. The predicted molar refractivity (Wildman–Crippen MR) is 143 cm³/mol. The van der Waals surface area contributed by atoms with Gasteiger partial charge in [0.15, 0.2) is 0 Å². The van der Waals surface area contributed by atoms with Gasteiger partial charge in [0.2, 0.25) is 17.7 Å². The van der Waals surface area contributed by atoms with E-state index < -0.39 is 30.1 Å². The molecule has 2 bridgehead atoms. The van der Waals surface area contributed by atoms with Gasteiger partial charge in [0.25, 0.3) is 0 Å². The summed E-state index contributed by atoms with van der Waals surface area (Å²) in [6.45, 7) is 4.45. The lowest BCUT2D eigenvalue weighted by Gasteiger charge is -2.33. The Morgan fingerprint density at radius 1 is 1.11 bits per heavy atom. The summed E-state index contributed by atoms with van der Waals surface area (Å²) < 4.78 is 6.27. The van der Waals surface area contributed by atoms with E-state index in [4.69, 9.17) is 4.74 Å². The van der Waals surface area contributed by atoms with Gasteiger partial charge in [-0.05, 0) is 42.3 Å². The summed E-state index contributed by atoms with van der Waals surface area (Å²) >= 11 is 0. The van der Waals surface area contributed by atoms with Crippen molar-refractivity contribution in [2.24, 2.45) is 5.92 Å². The maximum absolute atomic E-state index is 13.8. The molecule has 3 heterocycles. The molecule has 5 rings (SSSR count). The summed E-state index contributed by atoms with van der Waals surface area (Å²) in [7, 11) is 1.77. The van der Waals surface area contributed by atoms with E-state index in [9.17, 15) is 14.4 Å². The standard InChI is InChI=1S/C29H36N4O4/c1-4-19(2)25(30-3)29(36)33-17-15-24-26(33)28(35)32-23(18-21-8-6-5-7-9-21)27(34)31-16-14-20-10-12-22(37-24)13-11-20/h5-14,16,19,23-26,30H,4,15,17-18H2,1-3H3,(H,31,34)(H,32,35)/b16-14+. The number of ether oxygens (including phenoxy) is 1. The van der Waals surface area contributed by atoms with E-state index in [1.165, 1.54) is 0 Å². The topological polar surface area (TPSA) is 99.8 Å². The molecule has 1 fully saturated rings. The highest BCUT2D eigenvalue weighted by molar-refractivity contribution is 5.94. The molecule has 3 N–H and O–H groups in total. The van der Waals surface area contributed by atoms with E-state index in [0.29, 0.717) is 25.1 Å². The van der Waals surface area contributed by atoms with Crippen LogP contribution in [0.4, 0.5) is 0 Å². The van der Waals surface area contributed by atoms with Gasteiger partial charge < -0.3 is 25.6 Å². The SMILES string of the molecule is CCC(C)C(NC)C(=O)N1CCC2Oc3ccc(cc3)/C=C/NC(=O)C(Cc3ccccc3)NC(=O)C21. The fourth-order valence-electron chi connectivity index (χ4n) is 4.98. The minimum absolute atomic E-state index is 0.0926. The molecular weight excluding hydrogens is 468 g/mol. The summed E-state index contributed by atoms with van der Waals surface area (Å²) in [6.07, 6.45) is 4.48. The zero-order chi connectivity index (χ0) is 26.4. The Balaban J connectivity index is 1.68. The first-order chi connectivity index (χ1) is 17.9. The van der Waals surface area contributed by atoms with Crippen molar-refractivity contribution >= 4 is 23.8 Å². The highest BCUT2D eigenvalue weighted by Gasteiger charge is 2.46. The van der Waals surface area contributed by atoms with Crippen LogP contribution in [0.15, 0.2) is 60.8 Å². The molecule has 3 aliphatic rings. The number of nitrogens with zero attached hydrogens (tertiary/aromatic N) is 1. The average Bonchev–Trinajstić information content (AvgIpc) is 3.33. The number of likely N-dealkylation sites (N-methyl/N-ethyl adjacent to an activating group) is 1. The summed E-state index contributed by atoms with van der Waals surface area (Å²) in [5, 5.41) is 8.87. The minimum Gasteiger partial charge on any atom is -0.488 e. The third kappa shape index (κ3) is 6.20. The van der Waals surface area contributed by atoms with Gasteiger partial charge in [-0.2, -0.15) is 0 Å². The first-order valence-corrected chi connectivity index (χ1v) is 13.0. The Morgan fingerprint density at radius 3 is 2.51 bits per heavy atom. The van der Waals surface area contributed by atoms with Gasteiger partial charge in [-0.1, -0.05) is 62.7 Å². The highest BCUT2D eigenvalue weighted by Crippen LogP contribution is 2.27. The van der Waals surface area contributed by atoms with Crippen LogP contribution in [0.25, 0.3) is 6.08 Å². The van der Waals surface area contributed by atoms with Crippen molar-refractivity contribution in [1.29, 1.82) is 0 Å². The maximum Gasteiger partial charge on any atom is 0.247 e. The Hall–Kier alpha value is -3.65. The number of hydrogen-bond donors (Lipinski definition) is 3. The van der Waals surface area contributed by atoms with Crippen molar-refractivity contribution in [1.82, 2.24) is 20.9 Å². The molecule has 0 aliphatic carbocycles. The Bertz CT molecular complexity index is 1120. The molecule has 3 amide bonds. The van der Waals surface area contributed by atoms with Crippen molar-refractivity contribution in [3.63, 3.8) is 0 Å². The van der Waals surface area contributed by atoms with Crippen molar-refractivity contribution in [3.8, 4) is 5.75 Å². The predicted octanol–water partition coefficient (Wildman–Crippen LogP) is 2.50. The number of nitrogens with one attached hydrogen (secondary N) is 3. The van der Waals surface area contributed by atoms with E-state index in [1.54, 1.807) is 24.2 Å². The van der Waals surface area contributed by atoms with Gasteiger partial charge in [0.1, 0.15) is 23.9 Å². The van der Waals surface area contributed by atoms with Crippen LogP contribution in [0.1, 0.15) is 37.8 Å². The Kier molecular flexibility index (Phi) is 8.61. The zero-order valence-electron chi connectivity index (χ0n) is 21.6. The molecule has 5 atom stereocenters. The largest absolute Gasteiger partial charge is 0.488 e. The van der Waals surface area contributed by atoms with Crippen molar-refractivity contribution < 1.29 is 19.1 Å². The highest BCUT2D eigenvalue weighted by atomic mass is 16.5. The molecule has 0 radical (unpaired) electrons. The first-order valence-electron chi connectivity index (χ1n) is 13.0. The van der Waals surface area contributed by atoms with Crippen LogP contribution in [0.3, 0.4) is 0 Å². The second-order valence-electron chi connectivity index (χ2n) is 9.74. The van der Waals surface area contributed by atoms with Crippen molar-refractivity contribution in [2.45, 2.75) is 57.3 Å². The molecule has 37 heavy (non-hydrogen) atoms. The Labute approximate surface area is 218 Å². The molecule has 8 heteroatoms. The molecule has 0 saturated carbocycles. The second-order valence-corrected chi connectivity index (χ2v) is 9.74. The monoisotopic (exact) mass is 504 g/mol. The maximum atomic E-state index is 13.8. The molecule has 2 aromatic rings. The number of fused-ring (bicyclic) bond motifs is 7. The number of amides is 3. The number of likely N-dealkylation sites (tertiary alicyclic amines) is 1. The number of hydrogen-bond acceptors (Lipinski definition) is 5. The molecular formula is C29H36N4O4. The summed E-state index contributed by atoms with van der Waals surface area (Å²) in [5.74, 6) is -0.142. The van der Waals surface area contributed by atoms with Crippen LogP contribution in [-0.2, 0) is 20.8 Å². The molecule has 5 unspecified atom stereocenters. The first kappa shape index (κ1) is 26.4. The fourth-order valence-corrected chi connectivity index (χ4v) is 4.98. The zero-order valence-corrected chi connectivity index (χ0v) is 21.6. The normalized spacial score (nSPS) is 24.2. The molecule has 0 aromatic heterocycles. The third-order valence-corrected chi connectivity index (χ3v) is 7.27. The molecule has 3 aliphatic heterocycles. The van der Waals surface area contributed by atoms with E-state index in [1.807, 2.05) is 68.4 Å². The van der Waals surface area contributed by atoms with E-state index in [2.05, 4.69) is 16.0 Å². The van der Waals surface area contributed by atoms with Gasteiger partial charge in [0, 0.05) is 25.6 Å². The number of benzene rings is 2. The van der Waals surface area contributed by atoms with E-state index in [0.717, 1.165) is 17.5 Å². The van der Waals surface area contributed by atoms with Gasteiger partial charge in [-0.3, -0.25) is 14.4 Å². The lowest BCUT2D eigenvalue weighted by molar-refractivity contribution is -0.143. The lowest BCUT2D eigenvalue weighted by atomic mass is 9.97. The minimum atomic E-state index is -0.864. The Morgan fingerprint density at radius 2 is 1.84 bits per heavy atom. The van der Waals surface area contributed by atoms with Gasteiger partial charge in [-0.25, -0.2) is 0 Å². The van der Waals surface area contributed by atoms with E-state index in [-0.39, 0.29) is 17.7 Å². The third-order valence-electron chi connectivity index (χ3n) is 7.27. The summed E-state index contributed by atoms with van der Waals surface area (Å²) in [4.78, 5) is 42.3. The second kappa shape index (κ2) is 12.1. The van der Waals surface area contributed by atoms with Crippen LogP contribution >= 0.6 is 0 Å². The van der Waals surface area contributed by atoms with Gasteiger partial charge >= 0.3 is 0 Å². The van der Waals surface area contributed by atoms with Crippen molar-refractivity contribution in [3.05, 3.63) is 71.9 Å². The van der Waals surface area contributed by atoms with E-state index >= 15 is 0 Å². The summed E-state index contributed by atoms with van der Waals surface area (Å²) in [5.41, 5.74) is 1.82. The van der Waals surface area contributed by atoms with Crippen LogP contribution < -0.4 is 20.7 Å². The van der Waals surface area contributed by atoms with Crippen LogP contribution in [0.5, 0.6) is 5.75 Å². The van der Waals surface area contributed by atoms with Crippen LogP contribution in [0.2, 0.25) is 0 Å². The van der Waals surface area contributed by atoms with Crippen LogP contribution in [0, 0.1) is 5.92 Å². The number of rotatable bonds is 6. The molecule has 2 aromatic carbocycles.